The Bertz CT molecular complexity index is 318. The van der Waals surface area contributed by atoms with E-state index in [9.17, 15) is 4.39 Å². The third-order valence-electron chi connectivity index (χ3n) is 1.88. The van der Waals surface area contributed by atoms with E-state index in [1.54, 1.807) is 12.1 Å². The summed E-state index contributed by atoms with van der Waals surface area (Å²) in [4.78, 5) is 0. The Kier molecular flexibility index (Phi) is 3.11. The Morgan fingerprint density at radius 2 is 2.07 bits per heavy atom. The van der Waals surface area contributed by atoms with Crippen LogP contribution in [0.2, 0.25) is 0 Å². The largest absolute Gasteiger partial charge is 0.494 e. The van der Waals surface area contributed by atoms with Crippen LogP contribution in [0.15, 0.2) is 18.2 Å². The van der Waals surface area contributed by atoms with Crippen molar-refractivity contribution in [2.24, 2.45) is 5.73 Å². The first-order valence-electron chi connectivity index (χ1n) is 4.54. The van der Waals surface area contributed by atoms with Crippen molar-refractivity contribution < 1.29 is 9.13 Å². The molecule has 0 bridgehead atoms. The molecular weight excluding hydrogens is 181 g/mol. The number of methoxy groups -OCH3 is 1. The van der Waals surface area contributed by atoms with Crippen LogP contribution in [-0.4, -0.2) is 12.6 Å². The molecule has 0 aliphatic rings. The number of benzene rings is 1. The summed E-state index contributed by atoms with van der Waals surface area (Å²) in [7, 11) is 1.45. The SMILES string of the molecule is COc1cc(CC(C)(C)N)ccc1F. The van der Waals surface area contributed by atoms with E-state index in [2.05, 4.69) is 0 Å². The Labute approximate surface area is 83.9 Å². The van der Waals surface area contributed by atoms with Gasteiger partial charge in [-0.1, -0.05) is 6.07 Å². The van der Waals surface area contributed by atoms with E-state index >= 15 is 0 Å². The maximum absolute atomic E-state index is 13.0. The third-order valence-corrected chi connectivity index (χ3v) is 1.88. The maximum atomic E-state index is 13.0. The van der Waals surface area contributed by atoms with Gasteiger partial charge in [0.25, 0.3) is 0 Å². The molecule has 2 nitrogen and oxygen atoms in total. The lowest BCUT2D eigenvalue weighted by atomic mass is 9.96. The zero-order valence-corrected chi connectivity index (χ0v) is 8.80. The Balaban J connectivity index is 2.90. The van der Waals surface area contributed by atoms with E-state index in [-0.39, 0.29) is 17.1 Å². The lowest BCUT2D eigenvalue weighted by molar-refractivity contribution is 0.385. The van der Waals surface area contributed by atoms with Crippen LogP contribution >= 0.6 is 0 Å². The van der Waals surface area contributed by atoms with E-state index in [4.69, 9.17) is 10.5 Å². The molecule has 0 radical (unpaired) electrons. The van der Waals surface area contributed by atoms with Crippen LogP contribution in [0.5, 0.6) is 5.75 Å². The van der Waals surface area contributed by atoms with E-state index in [0.717, 1.165) is 5.56 Å². The molecule has 1 aromatic carbocycles. The summed E-state index contributed by atoms with van der Waals surface area (Å²) >= 11 is 0. The molecule has 1 rings (SSSR count). The van der Waals surface area contributed by atoms with Gasteiger partial charge in [-0.15, -0.1) is 0 Å². The quantitative estimate of drug-likeness (QED) is 0.805. The molecule has 14 heavy (non-hydrogen) atoms. The predicted molar refractivity (Wildman–Crippen MR) is 54.9 cm³/mol. The molecule has 0 aromatic heterocycles. The van der Waals surface area contributed by atoms with Crippen molar-refractivity contribution >= 4 is 0 Å². The summed E-state index contributed by atoms with van der Waals surface area (Å²) in [6.07, 6.45) is 0.698. The maximum Gasteiger partial charge on any atom is 0.165 e. The standard InChI is InChI=1S/C11H16FNO/c1-11(2,13)7-8-4-5-9(12)10(6-8)14-3/h4-6H,7,13H2,1-3H3. The first-order valence-corrected chi connectivity index (χ1v) is 4.54. The monoisotopic (exact) mass is 197 g/mol. The lowest BCUT2D eigenvalue weighted by Gasteiger charge is -2.18. The predicted octanol–water partition coefficient (Wildman–Crippen LogP) is 2.11. The molecule has 0 saturated heterocycles. The average Bonchev–Trinajstić information content (AvgIpc) is 2.06. The lowest BCUT2D eigenvalue weighted by Crippen LogP contribution is -2.34. The van der Waals surface area contributed by atoms with Gasteiger partial charge < -0.3 is 10.5 Å². The Morgan fingerprint density at radius 3 is 2.57 bits per heavy atom. The third kappa shape index (κ3) is 3.00. The van der Waals surface area contributed by atoms with Gasteiger partial charge in [-0.05, 0) is 38.0 Å². The van der Waals surface area contributed by atoms with Crippen molar-refractivity contribution in [1.29, 1.82) is 0 Å². The number of hydrogen-bond donors (Lipinski definition) is 1. The van der Waals surface area contributed by atoms with Gasteiger partial charge in [0.2, 0.25) is 0 Å². The van der Waals surface area contributed by atoms with E-state index in [1.165, 1.54) is 13.2 Å². The fourth-order valence-electron chi connectivity index (χ4n) is 1.34. The molecule has 78 valence electrons. The van der Waals surface area contributed by atoms with Crippen molar-refractivity contribution in [3.63, 3.8) is 0 Å². The van der Waals surface area contributed by atoms with E-state index in [0.29, 0.717) is 6.42 Å². The van der Waals surface area contributed by atoms with E-state index < -0.39 is 0 Å². The van der Waals surface area contributed by atoms with Crippen molar-refractivity contribution in [2.75, 3.05) is 7.11 Å². The van der Waals surface area contributed by atoms with Crippen LogP contribution in [0.3, 0.4) is 0 Å². The van der Waals surface area contributed by atoms with Crippen LogP contribution in [0.25, 0.3) is 0 Å². The van der Waals surface area contributed by atoms with Gasteiger partial charge in [-0.3, -0.25) is 0 Å². The second-order valence-corrected chi connectivity index (χ2v) is 4.13. The van der Waals surface area contributed by atoms with Crippen LogP contribution in [0.4, 0.5) is 4.39 Å². The average molecular weight is 197 g/mol. The van der Waals surface area contributed by atoms with Crippen LogP contribution in [-0.2, 0) is 6.42 Å². The topological polar surface area (TPSA) is 35.2 Å². The smallest absolute Gasteiger partial charge is 0.165 e. The minimum absolute atomic E-state index is 0.270. The number of rotatable bonds is 3. The summed E-state index contributed by atoms with van der Waals surface area (Å²) in [6.45, 7) is 3.87. The van der Waals surface area contributed by atoms with Crippen molar-refractivity contribution in [1.82, 2.24) is 0 Å². The van der Waals surface area contributed by atoms with Gasteiger partial charge in [-0.2, -0.15) is 0 Å². The van der Waals surface area contributed by atoms with Crippen molar-refractivity contribution in [3.8, 4) is 5.75 Å². The Morgan fingerprint density at radius 1 is 1.43 bits per heavy atom. The summed E-state index contributed by atoms with van der Waals surface area (Å²) in [5.74, 6) is -0.0715. The number of nitrogens with two attached hydrogens (primary N) is 1. The summed E-state index contributed by atoms with van der Waals surface area (Å²) < 4.78 is 17.9. The molecular formula is C11H16FNO. The first kappa shape index (κ1) is 11.0. The second-order valence-electron chi connectivity index (χ2n) is 4.13. The van der Waals surface area contributed by atoms with Gasteiger partial charge in [0.1, 0.15) is 0 Å². The molecule has 0 amide bonds. The van der Waals surface area contributed by atoms with Gasteiger partial charge in [-0.25, -0.2) is 4.39 Å². The van der Waals surface area contributed by atoms with Gasteiger partial charge in [0, 0.05) is 5.54 Å². The molecule has 2 N–H and O–H groups in total. The molecule has 3 heteroatoms. The van der Waals surface area contributed by atoms with Gasteiger partial charge in [0.15, 0.2) is 11.6 Å². The molecule has 0 unspecified atom stereocenters. The number of hydrogen-bond acceptors (Lipinski definition) is 2. The summed E-state index contributed by atoms with van der Waals surface area (Å²) in [6, 6.07) is 4.82. The summed E-state index contributed by atoms with van der Waals surface area (Å²) in [5.41, 5.74) is 6.56. The zero-order chi connectivity index (χ0) is 10.8. The van der Waals surface area contributed by atoms with Crippen LogP contribution in [0.1, 0.15) is 19.4 Å². The van der Waals surface area contributed by atoms with Crippen molar-refractivity contribution in [3.05, 3.63) is 29.6 Å². The first-order chi connectivity index (χ1) is 6.42. The Hall–Kier alpha value is -1.09. The van der Waals surface area contributed by atoms with Crippen LogP contribution < -0.4 is 10.5 Å². The van der Waals surface area contributed by atoms with E-state index in [1.807, 2.05) is 13.8 Å². The molecule has 0 aliphatic carbocycles. The highest BCUT2D eigenvalue weighted by Gasteiger charge is 2.13. The molecule has 0 aliphatic heterocycles. The summed E-state index contributed by atoms with van der Waals surface area (Å²) in [5, 5.41) is 0. The minimum Gasteiger partial charge on any atom is -0.494 e. The van der Waals surface area contributed by atoms with Gasteiger partial charge in [0.05, 0.1) is 7.11 Å². The molecule has 0 spiro atoms. The number of halogens is 1. The highest BCUT2D eigenvalue weighted by molar-refractivity contribution is 5.31. The highest BCUT2D eigenvalue weighted by atomic mass is 19.1. The fourth-order valence-corrected chi connectivity index (χ4v) is 1.34. The normalized spacial score (nSPS) is 11.5. The molecule has 0 fully saturated rings. The highest BCUT2D eigenvalue weighted by Crippen LogP contribution is 2.20. The minimum atomic E-state index is -0.342. The molecule has 1 aromatic rings. The molecule has 0 atom stereocenters. The van der Waals surface area contributed by atoms with Crippen LogP contribution in [0, 0.1) is 5.82 Å². The fraction of sp³-hybridized carbons (Fsp3) is 0.455. The van der Waals surface area contributed by atoms with Gasteiger partial charge >= 0.3 is 0 Å². The second kappa shape index (κ2) is 3.96. The molecule has 0 heterocycles. The molecule has 0 saturated carbocycles. The zero-order valence-electron chi connectivity index (χ0n) is 8.80. The van der Waals surface area contributed by atoms with Crippen molar-refractivity contribution in [2.45, 2.75) is 25.8 Å². The number of ether oxygens (including phenoxy) is 1.